The monoisotopic (exact) mass is 304 g/mol. The Kier molecular flexibility index (Phi) is 4.90. The van der Waals surface area contributed by atoms with Gasteiger partial charge < -0.3 is 14.6 Å². The van der Waals surface area contributed by atoms with Crippen molar-refractivity contribution in [1.29, 1.82) is 0 Å². The maximum Gasteiger partial charge on any atom is 0.279 e. The molecule has 0 saturated carbocycles. The summed E-state index contributed by atoms with van der Waals surface area (Å²) in [5, 5.41) is 13.4. The largest absolute Gasteiger partial charge is 0.460 e. The third kappa shape index (κ3) is 4.42. The van der Waals surface area contributed by atoms with Gasteiger partial charge in [-0.05, 0) is 25.1 Å². The molecule has 0 fully saturated rings. The number of rotatable bonds is 6. The van der Waals surface area contributed by atoms with Gasteiger partial charge >= 0.3 is 0 Å². The van der Waals surface area contributed by atoms with Gasteiger partial charge in [-0.2, -0.15) is 0 Å². The molecule has 22 heavy (non-hydrogen) atoms. The molecule has 0 aliphatic rings. The van der Waals surface area contributed by atoms with Gasteiger partial charge in [0.25, 0.3) is 11.6 Å². The Hall–Kier alpha value is -2.67. The molecule has 1 aromatic heterocycles. The van der Waals surface area contributed by atoms with Gasteiger partial charge in [0.05, 0.1) is 12.0 Å². The van der Waals surface area contributed by atoms with Gasteiger partial charge in [0.1, 0.15) is 12.3 Å². The highest BCUT2D eigenvalue weighted by atomic mass is 16.6. The van der Waals surface area contributed by atoms with E-state index in [2.05, 4.69) is 5.32 Å². The number of hydrogen-bond donors (Lipinski definition) is 2. The second-order valence-electron chi connectivity index (χ2n) is 5.18. The first-order valence-corrected chi connectivity index (χ1v) is 6.85. The minimum absolute atomic E-state index is 0.0513. The normalized spacial score (nSPS) is 11.9. The van der Waals surface area contributed by atoms with Crippen molar-refractivity contribution in [3.63, 3.8) is 0 Å². The molecule has 7 heteroatoms. The SMILES string of the molecule is Cc1ccc(C[NH+](C)CC(=O)Nc2cccc([N+](=O)[O-])c2)o1. The fourth-order valence-electron chi connectivity index (χ4n) is 2.12. The van der Waals surface area contributed by atoms with E-state index in [1.54, 1.807) is 6.07 Å². The molecule has 0 radical (unpaired) electrons. The molecule has 1 unspecified atom stereocenters. The summed E-state index contributed by atoms with van der Waals surface area (Å²) in [6.07, 6.45) is 0. The quantitative estimate of drug-likeness (QED) is 0.619. The number of nitro benzene ring substituents is 1. The molecule has 1 amide bonds. The van der Waals surface area contributed by atoms with Crippen LogP contribution in [0.3, 0.4) is 0 Å². The zero-order valence-electron chi connectivity index (χ0n) is 12.5. The van der Waals surface area contributed by atoms with E-state index in [0.717, 1.165) is 16.4 Å². The Bertz CT molecular complexity index is 681. The molecule has 0 aliphatic heterocycles. The fourth-order valence-corrected chi connectivity index (χ4v) is 2.12. The van der Waals surface area contributed by atoms with E-state index in [0.29, 0.717) is 12.2 Å². The summed E-state index contributed by atoms with van der Waals surface area (Å²) in [6, 6.07) is 9.64. The lowest BCUT2D eigenvalue weighted by Gasteiger charge is -2.12. The molecule has 0 spiro atoms. The van der Waals surface area contributed by atoms with E-state index >= 15 is 0 Å². The molecule has 2 aromatic rings. The number of quaternary nitrogens is 1. The second kappa shape index (κ2) is 6.86. The van der Waals surface area contributed by atoms with Crippen molar-refractivity contribution in [2.24, 2.45) is 0 Å². The molecule has 2 N–H and O–H groups in total. The Morgan fingerprint density at radius 1 is 1.36 bits per heavy atom. The summed E-state index contributed by atoms with van der Waals surface area (Å²) in [5.74, 6) is 1.45. The molecule has 1 atom stereocenters. The molecule has 0 bridgehead atoms. The molecule has 0 aliphatic carbocycles. The highest BCUT2D eigenvalue weighted by Crippen LogP contribution is 2.16. The number of amides is 1. The lowest BCUT2D eigenvalue weighted by Crippen LogP contribution is -3.08. The van der Waals surface area contributed by atoms with E-state index in [-0.39, 0.29) is 18.1 Å². The van der Waals surface area contributed by atoms with Crippen LogP contribution in [0.4, 0.5) is 11.4 Å². The smallest absolute Gasteiger partial charge is 0.279 e. The summed E-state index contributed by atoms with van der Waals surface area (Å²) in [6.45, 7) is 2.70. The predicted molar refractivity (Wildman–Crippen MR) is 80.6 cm³/mol. The molecule has 116 valence electrons. The van der Waals surface area contributed by atoms with Crippen LogP contribution in [0.25, 0.3) is 0 Å². The molecular weight excluding hydrogens is 286 g/mol. The molecular formula is C15H18N3O4+. The Morgan fingerprint density at radius 2 is 2.14 bits per heavy atom. The number of hydrogen-bond acceptors (Lipinski definition) is 4. The highest BCUT2D eigenvalue weighted by molar-refractivity contribution is 5.91. The number of nitro groups is 1. The molecule has 1 aromatic carbocycles. The van der Waals surface area contributed by atoms with Gasteiger partial charge in [-0.25, -0.2) is 0 Å². The van der Waals surface area contributed by atoms with Crippen LogP contribution in [0.2, 0.25) is 0 Å². The number of furan rings is 1. The van der Waals surface area contributed by atoms with Crippen molar-refractivity contribution < 1.29 is 19.0 Å². The van der Waals surface area contributed by atoms with Crippen LogP contribution in [0.5, 0.6) is 0 Å². The van der Waals surface area contributed by atoms with Crippen molar-refractivity contribution in [3.05, 3.63) is 58.0 Å². The summed E-state index contributed by atoms with van der Waals surface area (Å²) in [4.78, 5) is 23.1. The molecule has 0 saturated heterocycles. The summed E-state index contributed by atoms with van der Waals surface area (Å²) < 4.78 is 5.47. The van der Waals surface area contributed by atoms with Crippen LogP contribution in [0.15, 0.2) is 40.8 Å². The average Bonchev–Trinajstić information content (AvgIpc) is 2.83. The van der Waals surface area contributed by atoms with Crippen LogP contribution < -0.4 is 10.2 Å². The van der Waals surface area contributed by atoms with Gasteiger partial charge in [-0.15, -0.1) is 0 Å². The van der Waals surface area contributed by atoms with E-state index in [1.807, 2.05) is 26.1 Å². The van der Waals surface area contributed by atoms with Crippen LogP contribution >= 0.6 is 0 Å². The van der Waals surface area contributed by atoms with E-state index < -0.39 is 4.92 Å². The minimum Gasteiger partial charge on any atom is -0.460 e. The molecule has 7 nitrogen and oxygen atoms in total. The van der Waals surface area contributed by atoms with E-state index in [1.165, 1.54) is 18.2 Å². The lowest BCUT2D eigenvalue weighted by atomic mass is 10.3. The van der Waals surface area contributed by atoms with Gasteiger partial charge in [0, 0.05) is 17.8 Å². The molecule has 2 rings (SSSR count). The predicted octanol–water partition coefficient (Wildman–Crippen LogP) is 1.15. The molecule has 1 heterocycles. The van der Waals surface area contributed by atoms with Crippen LogP contribution in [0, 0.1) is 17.0 Å². The topological polar surface area (TPSA) is 89.8 Å². The third-order valence-electron chi connectivity index (χ3n) is 3.08. The first-order chi connectivity index (χ1) is 10.4. The van der Waals surface area contributed by atoms with Crippen molar-refractivity contribution >= 4 is 17.3 Å². The van der Waals surface area contributed by atoms with E-state index in [9.17, 15) is 14.9 Å². The number of nitrogens with one attached hydrogen (secondary N) is 2. The van der Waals surface area contributed by atoms with Gasteiger partial charge in [0.2, 0.25) is 0 Å². The van der Waals surface area contributed by atoms with Gasteiger partial charge in [-0.1, -0.05) is 6.07 Å². The number of benzene rings is 1. The number of non-ortho nitro benzene ring substituents is 1. The zero-order valence-corrected chi connectivity index (χ0v) is 12.5. The second-order valence-corrected chi connectivity index (χ2v) is 5.18. The maximum atomic E-state index is 12.0. The summed E-state index contributed by atoms with van der Waals surface area (Å²) in [7, 11) is 1.88. The standard InChI is InChI=1S/C15H17N3O4/c1-11-6-7-14(22-11)9-17(2)10-15(19)16-12-4-3-5-13(8-12)18(20)21/h3-8H,9-10H2,1-2H3,(H,16,19)/p+1. The number of aryl methyl sites for hydroxylation is 1. The first kappa shape index (κ1) is 15.7. The number of nitrogens with zero attached hydrogens (tertiary/aromatic N) is 1. The zero-order chi connectivity index (χ0) is 16.1. The van der Waals surface area contributed by atoms with E-state index in [4.69, 9.17) is 4.42 Å². The number of carbonyl (C=O) groups excluding carboxylic acids is 1. The highest BCUT2D eigenvalue weighted by Gasteiger charge is 2.14. The maximum absolute atomic E-state index is 12.0. The Morgan fingerprint density at radius 3 is 2.77 bits per heavy atom. The van der Waals surface area contributed by atoms with Crippen LogP contribution in [-0.2, 0) is 11.3 Å². The third-order valence-corrected chi connectivity index (χ3v) is 3.08. The Labute approximate surface area is 127 Å². The van der Waals surface area contributed by atoms with Gasteiger partial charge in [-0.3, -0.25) is 14.9 Å². The first-order valence-electron chi connectivity index (χ1n) is 6.85. The van der Waals surface area contributed by atoms with Crippen molar-refractivity contribution in [1.82, 2.24) is 0 Å². The number of anilines is 1. The van der Waals surface area contributed by atoms with Gasteiger partial charge in [0.15, 0.2) is 12.3 Å². The Balaban J connectivity index is 1.89. The average molecular weight is 304 g/mol. The van der Waals surface area contributed by atoms with Crippen molar-refractivity contribution in [3.8, 4) is 0 Å². The lowest BCUT2D eigenvalue weighted by molar-refractivity contribution is -0.886. The van der Waals surface area contributed by atoms with Crippen LogP contribution in [-0.4, -0.2) is 24.4 Å². The van der Waals surface area contributed by atoms with Crippen LogP contribution in [0.1, 0.15) is 11.5 Å². The number of likely N-dealkylation sites (N-methyl/N-ethyl adjacent to an activating group) is 1. The van der Waals surface area contributed by atoms with Crippen molar-refractivity contribution in [2.45, 2.75) is 13.5 Å². The summed E-state index contributed by atoms with van der Waals surface area (Å²) in [5.41, 5.74) is 0.366. The van der Waals surface area contributed by atoms with Crippen molar-refractivity contribution in [2.75, 3.05) is 18.9 Å². The fraction of sp³-hybridized carbons (Fsp3) is 0.267. The number of carbonyl (C=O) groups is 1. The minimum atomic E-state index is -0.494. The summed E-state index contributed by atoms with van der Waals surface area (Å²) >= 11 is 0.